The molecule has 2 aromatic carbocycles. The largest absolute Gasteiger partial charge is 1.00 e. The summed E-state index contributed by atoms with van der Waals surface area (Å²) in [5.74, 6) is -1.59. The summed E-state index contributed by atoms with van der Waals surface area (Å²) in [7, 11) is 0. The van der Waals surface area contributed by atoms with Crippen molar-refractivity contribution in [2.45, 2.75) is 20.8 Å². The zero-order valence-electron chi connectivity index (χ0n) is 20.9. The fourth-order valence-electron chi connectivity index (χ4n) is 3.25. The number of nitrogens with one attached hydrogen (secondary N) is 2. The summed E-state index contributed by atoms with van der Waals surface area (Å²) < 4.78 is 31.0. The summed E-state index contributed by atoms with van der Waals surface area (Å²) >= 11 is 0. The minimum atomic E-state index is -0.706. The van der Waals surface area contributed by atoms with Gasteiger partial charge >= 0.3 is 35.5 Å². The van der Waals surface area contributed by atoms with Crippen LogP contribution >= 0.6 is 0 Å². The van der Waals surface area contributed by atoms with Crippen molar-refractivity contribution in [1.29, 1.82) is 0 Å². The number of aliphatic hydroxyl groups excluding tert-OH is 2. The van der Waals surface area contributed by atoms with Crippen LogP contribution in [0.2, 0.25) is 0 Å². The van der Waals surface area contributed by atoms with Crippen molar-refractivity contribution in [1.82, 2.24) is 9.97 Å². The molecule has 4 rings (SSSR count). The maximum atomic E-state index is 13.3. The minimum Gasteiger partial charge on any atom is -0.870 e. The molecular formula is C25H27F2N2NaO7. The van der Waals surface area contributed by atoms with Crippen molar-refractivity contribution in [3.8, 4) is 0 Å². The van der Waals surface area contributed by atoms with Crippen molar-refractivity contribution >= 4 is 27.8 Å². The molecular weight excluding hydrogens is 501 g/mol. The number of hydrogen-bond acceptors (Lipinski definition) is 7. The summed E-state index contributed by atoms with van der Waals surface area (Å²) in [6, 6.07) is 6.48. The number of H-pyrrole nitrogens is 2. The fraction of sp³-hybridized carbons (Fsp3) is 0.240. The van der Waals surface area contributed by atoms with Crippen LogP contribution in [0.4, 0.5) is 8.78 Å². The molecule has 2 aromatic heterocycles. The number of ether oxygens (including phenoxy) is 1. The van der Waals surface area contributed by atoms with Crippen LogP contribution in [0.3, 0.4) is 0 Å². The summed E-state index contributed by atoms with van der Waals surface area (Å²) in [4.78, 5) is 40.6. The number of carbonyl (C=O) groups is 1. The molecule has 37 heavy (non-hydrogen) atoms. The molecule has 0 radical (unpaired) electrons. The SMILES string of the molecule is CCOC(=O)c1c[nH]c2c(C)cc(F)cc2c1=O.Cc1cc(F)cc2c(=O)cc[nH]c12.OCCO.[Na+].[OH-]. The van der Waals surface area contributed by atoms with E-state index in [0.717, 1.165) is 11.6 Å². The number of halogens is 2. The molecule has 0 amide bonds. The van der Waals surface area contributed by atoms with E-state index in [0.29, 0.717) is 22.0 Å². The molecule has 0 fully saturated rings. The Bertz CT molecular complexity index is 1450. The molecule has 5 N–H and O–H groups in total. The van der Waals surface area contributed by atoms with Crippen molar-refractivity contribution in [3.05, 3.63) is 91.5 Å². The first-order valence-electron chi connectivity index (χ1n) is 10.6. The van der Waals surface area contributed by atoms with E-state index in [1.807, 2.05) is 0 Å². The molecule has 0 aliphatic carbocycles. The number of hydrogen-bond donors (Lipinski definition) is 4. The maximum absolute atomic E-state index is 13.3. The number of aryl methyl sites for hydroxylation is 2. The average Bonchev–Trinajstić information content (AvgIpc) is 2.81. The normalized spacial score (nSPS) is 9.70. The second-order valence-corrected chi connectivity index (χ2v) is 7.33. The van der Waals surface area contributed by atoms with Crippen LogP contribution in [0.5, 0.6) is 0 Å². The quantitative estimate of drug-likeness (QED) is 0.214. The number of pyridine rings is 2. The predicted molar refractivity (Wildman–Crippen MR) is 131 cm³/mol. The van der Waals surface area contributed by atoms with E-state index in [4.69, 9.17) is 14.9 Å². The third kappa shape index (κ3) is 8.85. The molecule has 0 spiro atoms. The molecule has 194 valence electrons. The summed E-state index contributed by atoms with van der Waals surface area (Å²) in [5.41, 5.74) is 1.78. The Labute approximate surface area is 232 Å². The Morgan fingerprint density at radius 1 is 0.919 bits per heavy atom. The van der Waals surface area contributed by atoms with Crippen LogP contribution in [0.25, 0.3) is 21.8 Å². The van der Waals surface area contributed by atoms with Gasteiger partial charge in [0.25, 0.3) is 0 Å². The van der Waals surface area contributed by atoms with Crippen LogP contribution in [0.1, 0.15) is 28.4 Å². The first kappa shape index (κ1) is 34.1. The van der Waals surface area contributed by atoms with Crippen LogP contribution < -0.4 is 40.4 Å². The van der Waals surface area contributed by atoms with Gasteiger partial charge in [-0.3, -0.25) is 9.59 Å². The number of carbonyl (C=O) groups excluding carboxylic acids is 1. The Morgan fingerprint density at radius 3 is 1.95 bits per heavy atom. The number of esters is 1. The Hall–Kier alpha value is -2.93. The third-order valence-electron chi connectivity index (χ3n) is 4.77. The Morgan fingerprint density at radius 2 is 1.43 bits per heavy atom. The predicted octanol–water partition coefficient (Wildman–Crippen LogP) is -0.0739. The third-order valence-corrected chi connectivity index (χ3v) is 4.77. The summed E-state index contributed by atoms with van der Waals surface area (Å²) in [6.45, 7) is 5.03. The van der Waals surface area contributed by atoms with E-state index in [1.165, 1.54) is 30.5 Å². The molecule has 0 saturated carbocycles. The molecule has 0 aliphatic heterocycles. The molecule has 0 unspecified atom stereocenters. The summed E-state index contributed by atoms with van der Waals surface area (Å²) in [5, 5.41) is 15.8. The van der Waals surface area contributed by atoms with E-state index < -0.39 is 17.2 Å². The van der Waals surface area contributed by atoms with Gasteiger partial charge in [-0.1, -0.05) is 0 Å². The Balaban J connectivity index is 0.000000603. The monoisotopic (exact) mass is 528 g/mol. The van der Waals surface area contributed by atoms with Crippen LogP contribution in [-0.4, -0.2) is 51.4 Å². The molecule has 0 saturated heterocycles. The van der Waals surface area contributed by atoms with E-state index in [9.17, 15) is 23.2 Å². The Kier molecular flexibility index (Phi) is 14.8. The second kappa shape index (κ2) is 16.0. The minimum absolute atomic E-state index is 0. The van der Waals surface area contributed by atoms with Gasteiger partial charge in [0, 0.05) is 29.2 Å². The van der Waals surface area contributed by atoms with Crippen LogP contribution in [-0.2, 0) is 4.74 Å². The second-order valence-electron chi connectivity index (χ2n) is 7.33. The van der Waals surface area contributed by atoms with Crippen LogP contribution in [0.15, 0.2) is 52.3 Å². The first-order chi connectivity index (χ1) is 16.6. The van der Waals surface area contributed by atoms with E-state index >= 15 is 0 Å². The van der Waals surface area contributed by atoms with Gasteiger partial charge in [-0.2, -0.15) is 0 Å². The molecule has 0 bridgehead atoms. The number of aromatic amines is 2. The number of rotatable bonds is 3. The van der Waals surface area contributed by atoms with Crippen molar-refractivity contribution in [2.75, 3.05) is 19.8 Å². The molecule has 2 heterocycles. The standard InChI is InChI=1S/C13H12FNO3.C10H8FNO.C2H6O2.Na.H2O/c1-3-18-13(17)10-6-15-11-7(2)4-8(14)5-9(11)12(10)16;1-6-4-7(11)5-8-9(13)2-3-12-10(6)8;3-1-2-4;;/h4-6H,3H2,1-2H3,(H,15,16);2-5H,1H3,(H,12,13);3-4H,1-2H2;;1H2/q;;;+1;/p-1. The fourth-order valence-corrected chi connectivity index (χ4v) is 3.25. The molecule has 0 atom stereocenters. The van der Waals surface area contributed by atoms with Crippen molar-refractivity contribution in [2.24, 2.45) is 0 Å². The van der Waals surface area contributed by atoms with Gasteiger partial charge in [0.15, 0.2) is 5.43 Å². The van der Waals surface area contributed by atoms with E-state index in [1.54, 1.807) is 27.0 Å². The van der Waals surface area contributed by atoms with Gasteiger partial charge in [0.05, 0.1) is 30.9 Å². The van der Waals surface area contributed by atoms with Gasteiger partial charge in [0.1, 0.15) is 17.2 Å². The average molecular weight is 528 g/mol. The molecule has 4 aromatic rings. The van der Waals surface area contributed by atoms with Crippen molar-refractivity contribution in [3.63, 3.8) is 0 Å². The van der Waals surface area contributed by atoms with Gasteiger partial charge in [0.2, 0.25) is 5.43 Å². The smallest absolute Gasteiger partial charge is 0.870 e. The van der Waals surface area contributed by atoms with Gasteiger partial charge < -0.3 is 30.4 Å². The first-order valence-corrected chi connectivity index (χ1v) is 10.6. The molecule has 9 nitrogen and oxygen atoms in total. The number of aliphatic hydroxyl groups is 2. The van der Waals surface area contributed by atoms with Crippen molar-refractivity contribution < 1.29 is 63.6 Å². The summed E-state index contributed by atoms with van der Waals surface area (Å²) in [6.07, 6.45) is 2.86. The zero-order valence-corrected chi connectivity index (χ0v) is 22.9. The zero-order chi connectivity index (χ0) is 26.1. The van der Waals surface area contributed by atoms with Gasteiger partial charge in [-0.15, -0.1) is 0 Å². The van der Waals surface area contributed by atoms with Gasteiger partial charge in [-0.05, 0) is 56.2 Å². The maximum Gasteiger partial charge on any atom is 1.00 e. The van der Waals surface area contributed by atoms with E-state index in [-0.39, 0.29) is 77.0 Å². The van der Waals surface area contributed by atoms with Gasteiger partial charge in [-0.25, -0.2) is 13.6 Å². The van der Waals surface area contributed by atoms with E-state index in [2.05, 4.69) is 9.97 Å². The number of fused-ring (bicyclic) bond motifs is 2. The number of aromatic nitrogens is 2. The molecule has 12 heteroatoms. The molecule has 0 aliphatic rings. The number of benzene rings is 2. The van der Waals surface area contributed by atoms with Crippen LogP contribution in [0, 0.1) is 25.5 Å². The topological polar surface area (TPSA) is 162 Å².